The summed E-state index contributed by atoms with van der Waals surface area (Å²) in [6, 6.07) is 6.50. The fourth-order valence-corrected chi connectivity index (χ4v) is 2.98. The van der Waals surface area contributed by atoms with Crippen LogP contribution in [-0.4, -0.2) is 40.3 Å². The van der Waals surface area contributed by atoms with Gasteiger partial charge in [-0.3, -0.25) is 9.88 Å². The van der Waals surface area contributed by atoms with Crippen molar-refractivity contribution in [3.63, 3.8) is 0 Å². The molecule has 1 unspecified atom stereocenters. The largest absolute Gasteiger partial charge is 0.387 e. The van der Waals surface area contributed by atoms with Gasteiger partial charge in [0, 0.05) is 25.2 Å². The highest BCUT2D eigenvalue weighted by molar-refractivity contribution is 6.00. The zero-order chi connectivity index (χ0) is 13.3. The van der Waals surface area contributed by atoms with E-state index in [9.17, 15) is 0 Å². The Bertz CT molecular complexity index is 472. The van der Waals surface area contributed by atoms with E-state index < -0.39 is 0 Å². The Morgan fingerprint density at radius 2 is 2.26 bits per heavy atom. The Morgan fingerprint density at radius 3 is 3.00 bits per heavy atom. The third-order valence-corrected chi connectivity index (χ3v) is 4.10. The Hall–Kier alpha value is -1.42. The fourth-order valence-electron chi connectivity index (χ4n) is 2.98. The third-order valence-electron chi connectivity index (χ3n) is 4.10. The van der Waals surface area contributed by atoms with Crippen molar-refractivity contribution in [2.45, 2.75) is 44.8 Å². The first-order valence-corrected chi connectivity index (χ1v) is 7.09. The van der Waals surface area contributed by atoms with E-state index in [1.54, 1.807) is 0 Å². The number of piperidine rings is 1. The summed E-state index contributed by atoms with van der Waals surface area (Å²) in [7, 11) is 0. The van der Waals surface area contributed by atoms with Crippen LogP contribution in [0.2, 0.25) is 0 Å². The van der Waals surface area contributed by atoms with Crippen LogP contribution in [0.5, 0.6) is 0 Å². The highest BCUT2D eigenvalue weighted by atomic mass is 16.7. The molecule has 4 heteroatoms. The van der Waals surface area contributed by atoms with Crippen LogP contribution < -0.4 is 0 Å². The highest BCUT2D eigenvalue weighted by Crippen LogP contribution is 2.35. The van der Waals surface area contributed by atoms with Crippen molar-refractivity contribution in [1.82, 2.24) is 9.88 Å². The van der Waals surface area contributed by atoms with Gasteiger partial charge >= 0.3 is 0 Å². The molecule has 0 amide bonds. The summed E-state index contributed by atoms with van der Waals surface area (Å²) in [5, 5.41) is 4.30. The zero-order valence-electron chi connectivity index (χ0n) is 11.7. The fraction of sp³-hybridized carbons (Fsp3) is 0.600. The molecule has 0 saturated carbocycles. The Morgan fingerprint density at radius 1 is 1.37 bits per heavy atom. The van der Waals surface area contributed by atoms with E-state index in [1.807, 2.05) is 24.4 Å². The SMILES string of the molecule is CC(C)N1CCCC2(CC(c3ccccn3)=NO2)C1. The van der Waals surface area contributed by atoms with Gasteiger partial charge in [-0.25, -0.2) is 0 Å². The zero-order valence-corrected chi connectivity index (χ0v) is 11.7. The van der Waals surface area contributed by atoms with E-state index in [1.165, 1.54) is 13.0 Å². The summed E-state index contributed by atoms with van der Waals surface area (Å²) in [5.74, 6) is 0. The first-order valence-electron chi connectivity index (χ1n) is 7.09. The topological polar surface area (TPSA) is 37.7 Å². The molecule has 0 aliphatic carbocycles. The summed E-state index contributed by atoms with van der Waals surface area (Å²) < 4.78 is 0. The molecule has 102 valence electrons. The smallest absolute Gasteiger partial charge is 0.156 e. The van der Waals surface area contributed by atoms with Crippen molar-refractivity contribution in [3.05, 3.63) is 30.1 Å². The molecule has 3 heterocycles. The maximum absolute atomic E-state index is 5.84. The first kappa shape index (κ1) is 12.6. The highest BCUT2D eigenvalue weighted by Gasteiger charge is 2.43. The van der Waals surface area contributed by atoms with Gasteiger partial charge in [-0.2, -0.15) is 0 Å². The molecule has 4 nitrogen and oxygen atoms in total. The predicted molar refractivity (Wildman–Crippen MR) is 75.2 cm³/mol. The number of oxime groups is 1. The summed E-state index contributed by atoms with van der Waals surface area (Å²) in [6.45, 7) is 6.63. The van der Waals surface area contributed by atoms with Crippen LogP contribution in [0, 0.1) is 0 Å². The number of pyridine rings is 1. The number of aromatic nitrogens is 1. The standard InChI is InChI=1S/C15H21N3O/c1-12(2)18-9-5-7-15(11-18)10-14(17-19-15)13-6-3-4-8-16-13/h3-4,6,8,12H,5,7,9-11H2,1-2H3. The van der Waals surface area contributed by atoms with Crippen LogP contribution in [0.15, 0.2) is 29.6 Å². The third kappa shape index (κ3) is 2.50. The second-order valence-electron chi connectivity index (χ2n) is 5.87. The van der Waals surface area contributed by atoms with Crippen LogP contribution in [0.4, 0.5) is 0 Å². The molecule has 1 spiro atoms. The number of hydrogen-bond donors (Lipinski definition) is 0. The van der Waals surface area contributed by atoms with E-state index >= 15 is 0 Å². The van der Waals surface area contributed by atoms with Crippen LogP contribution in [-0.2, 0) is 4.84 Å². The van der Waals surface area contributed by atoms with Gasteiger partial charge in [0.15, 0.2) is 5.60 Å². The van der Waals surface area contributed by atoms with Gasteiger partial charge in [0.25, 0.3) is 0 Å². The molecule has 19 heavy (non-hydrogen) atoms. The van der Waals surface area contributed by atoms with Gasteiger partial charge in [0.05, 0.1) is 5.69 Å². The molecule has 0 aromatic carbocycles. The van der Waals surface area contributed by atoms with Crippen LogP contribution in [0.1, 0.15) is 38.8 Å². The molecule has 1 fully saturated rings. The first-order chi connectivity index (χ1) is 9.19. The van der Waals surface area contributed by atoms with Crippen molar-refractivity contribution in [3.8, 4) is 0 Å². The predicted octanol–water partition coefficient (Wildman–Crippen LogP) is 2.45. The maximum atomic E-state index is 5.84. The van der Waals surface area contributed by atoms with Crippen molar-refractivity contribution in [1.29, 1.82) is 0 Å². The van der Waals surface area contributed by atoms with E-state index in [4.69, 9.17) is 4.84 Å². The Labute approximate surface area is 114 Å². The lowest BCUT2D eigenvalue weighted by molar-refractivity contribution is -0.0748. The second kappa shape index (κ2) is 4.93. The molecule has 3 rings (SSSR count). The number of likely N-dealkylation sites (tertiary alicyclic amines) is 1. The van der Waals surface area contributed by atoms with Gasteiger partial charge < -0.3 is 4.84 Å². The molecule has 0 radical (unpaired) electrons. The number of nitrogens with zero attached hydrogens (tertiary/aromatic N) is 3. The average Bonchev–Trinajstić information content (AvgIpc) is 2.83. The van der Waals surface area contributed by atoms with E-state index in [0.29, 0.717) is 6.04 Å². The average molecular weight is 259 g/mol. The monoisotopic (exact) mass is 259 g/mol. The van der Waals surface area contributed by atoms with Gasteiger partial charge in [0.2, 0.25) is 0 Å². The molecule has 2 aliphatic heterocycles. The minimum atomic E-state index is -0.116. The molecule has 0 bridgehead atoms. The van der Waals surface area contributed by atoms with E-state index in [0.717, 1.165) is 30.8 Å². The molecule has 1 aromatic heterocycles. The summed E-state index contributed by atoms with van der Waals surface area (Å²) in [4.78, 5) is 12.7. The summed E-state index contributed by atoms with van der Waals surface area (Å²) >= 11 is 0. The normalized spacial score (nSPS) is 27.6. The Balaban J connectivity index is 1.73. The van der Waals surface area contributed by atoms with Gasteiger partial charge in [-0.15, -0.1) is 0 Å². The van der Waals surface area contributed by atoms with Crippen LogP contribution in [0.3, 0.4) is 0 Å². The van der Waals surface area contributed by atoms with Crippen LogP contribution >= 0.6 is 0 Å². The van der Waals surface area contributed by atoms with Gasteiger partial charge in [-0.05, 0) is 45.4 Å². The lowest BCUT2D eigenvalue weighted by Crippen LogP contribution is -2.50. The maximum Gasteiger partial charge on any atom is 0.156 e. The lowest BCUT2D eigenvalue weighted by Gasteiger charge is -2.40. The minimum Gasteiger partial charge on any atom is -0.387 e. The molecule has 1 atom stereocenters. The van der Waals surface area contributed by atoms with Crippen molar-refractivity contribution in [2.24, 2.45) is 5.16 Å². The minimum absolute atomic E-state index is 0.116. The van der Waals surface area contributed by atoms with Crippen LogP contribution in [0.25, 0.3) is 0 Å². The molecular weight excluding hydrogens is 238 g/mol. The summed E-state index contributed by atoms with van der Waals surface area (Å²) in [5.41, 5.74) is 1.82. The second-order valence-corrected chi connectivity index (χ2v) is 5.87. The molecule has 1 saturated heterocycles. The van der Waals surface area contributed by atoms with Crippen molar-refractivity contribution < 1.29 is 4.84 Å². The lowest BCUT2D eigenvalue weighted by atomic mass is 9.87. The molecular formula is C15H21N3O. The van der Waals surface area contributed by atoms with Crippen molar-refractivity contribution >= 4 is 5.71 Å². The molecule has 1 aromatic rings. The summed E-state index contributed by atoms with van der Waals surface area (Å²) in [6.07, 6.45) is 4.97. The van der Waals surface area contributed by atoms with E-state index in [-0.39, 0.29) is 5.60 Å². The van der Waals surface area contributed by atoms with E-state index in [2.05, 4.69) is 28.9 Å². The number of hydrogen-bond acceptors (Lipinski definition) is 4. The number of rotatable bonds is 2. The Kier molecular flexibility index (Phi) is 3.27. The quantitative estimate of drug-likeness (QED) is 0.818. The molecule has 0 N–H and O–H groups in total. The molecule has 2 aliphatic rings. The van der Waals surface area contributed by atoms with Gasteiger partial charge in [-0.1, -0.05) is 11.2 Å². The van der Waals surface area contributed by atoms with Gasteiger partial charge in [0.1, 0.15) is 5.71 Å². The van der Waals surface area contributed by atoms with Crippen molar-refractivity contribution in [2.75, 3.05) is 13.1 Å².